The van der Waals surface area contributed by atoms with E-state index in [-0.39, 0.29) is 0 Å². The molecular weight excluding hydrogens is 108 g/mol. The van der Waals surface area contributed by atoms with E-state index in [1.165, 1.54) is 5.92 Å². The lowest BCUT2D eigenvalue weighted by atomic mass is 10.2. The Morgan fingerprint density at radius 2 is 2.22 bits per heavy atom. The second-order valence-electron chi connectivity index (χ2n) is 2.13. The van der Waals surface area contributed by atoms with Gasteiger partial charge in [-0.1, -0.05) is 12.0 Å². The number of hydrogen-bond donors (Lipinski definition) is 0. The van der Waals surface area contributed by atoms with Crippen molar-refractivity contribution in [2.75, 3.05) is 0 Å². The Hall–Kier alpha value is -0.700. The molecule has 0 aromatic heterocycles. The average Bonchev–Trinajstić information content (AvgIpc) is 1.80. The Bertz CT molecular complexity index is 121. The predicted octanol–water partition coefficient (Wildman–Crippen LogP) is 2.57. The highest BCUT2D eigenvalue weighted by atomic mass is 13.8. The van der Waals surface area contributed by atoms with E-state index in [0.29, 0.717) is 0 Å². The zero-order valence-corrected chi connectivity index (χ0v) is 6.20. The summed E-state index contributed by atoms with van der Waals surface area (Å²) in [6.45, 7) is 7.63. The van der Waals surface area contributed by atoms with Crippen LogP contribution < -0.4 is 0 Å². The molecule has 0 atom stereocenters. The van der Waals surface area contributed by atoms with Gasteiger partial charge in [0.1, 0.15) is 0 Å². The van der Waals surface area contributed by atoms with E-state index in [1.54, 1.807) is 0 Å². The first kappa shape index (κ1) is 8.30. The molecule has 1 radical (unpaired) electrons. The molecule has 0 rings (SSSR count). The lowest BCUT2D eigenvalue weighted by Crippen LogP contribution is -1.73. The first-order valence-electron chi connectivity index (χ1n) is 3.17. The standard InChI is InChI=1S/C9H13/c1-4-5-6-7-8-9(2)3/h4H,1,5-6H2,2-3H3. The fraction of sp³-hybridized carbons (Fsp3) is 0.444. The third kappa shape index (κ3) is 7.30. The molecule has 0 amide bonds. The molecule has 0 N–H and O–H groups in total. The van der Waals surface area contributed by atoms with E-state index in [4.69, 9.17) is 0 Å². The van der Waals surface area contributed by atoms with Crippen molar-refractivity contribution in [1.29, 1.82) is 0 Å². The lowest BCUT2D eigenvalue weighted by molar-refractivity contribution is 1.08. The van der Waals surface area contributed by atoms with Crippen LogP contribution in [0, 0.1) is 17.8 Å². The molecule has 0 saturated heterocycles. The summed E-state index contributed by atoms with van der Waals surface area (Å²) in [5, 5.41) is 0. The van der Waals surface area contributed by atoms with E-state index in [0.717, 1.165) is 12.8 Å². The van der Waals surface area contributed by atoms with Crippen molar-refractivity contribution in [2.45, 2.75) is 26.7 Å². The molecule has 0 nitrogen and oxygen atoms in total. The summed E-state index contributed by atoms with van der Waals surface area (Å²) in [6, 6.07) is 0. The predicted molar refractivity (Wildman–Crippen MR) is 41.8 cm³/mol. The van der Waals surface area contributed by atoms with Gasteiger partial charge in [-0.2, -0.15) is 0 Å². The van der Waals surface area contributed by atoms with Gasteiger partial charge in [0.15, 0.2) is 0 Å². The molecule has 0 unspecified atom stereocenters. The van der Waals surface area contributed by atoms with Gasteiger partial charge in [0.05, 0.1) is 0 Å². The summed E-state index contributed by atoms with van der Waals surface area (Å²) < 4.78 is 0. The van der Waals surface area contributed by atoms with Crippen LogP contribution in [-0.2, 0) is 0 Å². The number of allylic oxidation sites excluding steroid dienone is 1. The van der Waals surface area contributed by atoms with E-state index >= 15 is 0 Å². The van der Waals surface area contributed by atoms with Crippen LogP contribution in [0.25, 0.3) is 0 Å². The maximum Gasteiger partial charge on any atom is 0.0418 e. The molecule has 0 aliphatic carbocycles. The normalized spacial score (nSPS) is 8.33. The highest BCUT2D eigenvalue weighted by Gasteiger charge is 1.80. The van der Waals surface area contributed by atoms with Crippen molar-refractivity contribution in [1.82, 2.24) is 0 Å². The van der Waals surface area contributed by atoms with Crippen molar-refractivity contribution in [3.05, 3.63) is 18.6 Å². The van der Waals surface area contributed by atoms with Crippen LogP contribution in [0.2, 0.25) is 0 Å². The van der Waals surface area contributed by atoms with E-state index < -0.39 is 0 Å². The number of unbranched alkanes of at least 4 members (excludes halogenated alkanes) is 1. The van der Waals surface area contributed by atoms with Crippen molar-refractivity contribution in [2.24, 2.45) is 0 Å². The third-order valence-corrected chi connectivity index (χ3v) is 0.812. The molecule has 0 fully saturated rings. The van der Waals surface area contributed by atoms with Gasteiger partial charge < -0.3 is 0 Å². The fourth-order valence-corrected chi connectivity index (χ4v) is 0.414. The summed E-state index contributed by atoms with van der Waals surface area (Å²) in [4.78, 5) is 0. The van der Waals surface area contributed by atoms with Crippen molar-refractivity contribution in [3.8, 4) is 11.8 Å². The van der Waals surface area contributed by atoms with Gasteiger partial charge >= 0.3 is 0 Å². The second kappa shape index (κ2) is 5.44. The average molecular weight is 121 g/mol. The number of hydrogen-bond acceptors (Lipinski definition) is 0. The first-order valence-corrected chi connectivity index (χ1v) is 3.17. The van der Waals surface area contributed by atoms with Crippen LogP contribution in [-0.4, -0.2) is 0 Å². The Kier molecular flexibility index (Phi) is 5.01. The highest BCUT2D eigenvalue weighted by Crippen LogP contribution is 1.91. The molecule has 0 spiro atoms. The van der Waals surface area contributed by atoms with Crippen LogP contribution in [0.3, 0.4) is 0 Å². The van der Waals surface area contributed by atoms with Gasteiger partial charge in [0.25, 0.3) is 0 Å². The summed E-state index contributed by atoms with van der Waals surface area (Å²) in [5.41, 5.74) is 0. The minimum Gasteiger partial charge on any atom is -0.103 e. The lowest BCUT2D eigenvalue weighted by Gasteiger charge is -1.84. The smallest absolute Gasteiger partial charge is 0.0418 e. The van der Waals surface area contributed by atoms with Gasteiger partial charge in [-0.25, -0.2) is 0 Å². The summed E-state index contributed by atoms with van der Waals surface area (Å²) in [6.07, 6.45) is 3.83. The molecule has 0 saturated carbocycles. The monoisotopic (exact) mass is 121 g/mol. The van der Waals surface area contributed by atoms with E-state index in [1.807, 2.05) is 19.9 Å². The molecule has 0 bridgehead atoms. The molecule has 0 heterocycles. The molecule has 0 aliphatic rings. The van der Waals surface area contributed by atoms with Crippen molar-refractivity contribution >= 4 is 0 Å². The van der Waals surface area contributed by atoms with Crippen LogP contribution in [0.4, 0.5) is 0 Å². The minimum absolute atomic E-state index is 0.939. The Morgan fingerprint density at radius 1 is 1.56 bits per heavy atom. The molecule has 0 heteroatoms. The maximum absolute atomic E-state index is 3.60. The summed E-state index contributed by atoms with van der Waals surface area (Å²) in [7, 11) is 0. The maximum atomic E-state index is 3.60. The molecule has 49 valence electrons. The largest absolute Gasteiger partial charge is 0.103 e. The Morgan fingerprint density at radius 3 is 2.67 bits per heavy atom. The van der Waals surface area contributed by atoms with E-state index in [2.05, 4.69) is 18.4 Å². The van der Waals surface area contributed by atoms with E-state index in [9.17, 15) is 0 Å². The number of rotatable bonds is 2. The topological polar surface area (TPSA) is 0 Å². The second-order valence-corrected chi connectivity index (χ2v) is 2.13. The molecular formula is C9H13. The van der Waals surface area contributed by atoms with Gasteiger partial charge in [-0.05, 0) is 20.3 Å². The summed E-state index contributed by atoms with van der Waals surface area (Å²) in [5.74, 6) is 7.21. The quantitative estimate of drug-likeness (QED) is 0.299. The van der Waals surface area contributed by atoms with Crippen LogP contribution in [0.15, 0.2) is 12.7 Å². The zero-order chi connectivity index (χ0) is 7.11. The summed E-state index contributed by atoms with van der Waals surface area (Å²) >= 11 is 0. The SMILES string of the molecule is C=CCCC#C[C](C)C. The molecule has 0 aromatic rings. The molecule has 0 aromatic carbocycles. The Balaban J connectivity index is 3.26. The van der Waals surface area contributed by atoms with Crippen molar-refractivity contribution < 1.29 is 0 Å². The van der Waals surface area contributed by atoms with Crippen LogP contribution in [0.5, 0.6) is 0 Å². The molecule has 9 heavy (non-hydrogen) atoms. The minimum atomic E-state index is 0.939. The van der Waals surface area contributed by atoms with Crippen LogP contribution >= 0.6 is 0 Å². The van der Waals surface area contributed by atoms with Gasteiger partial charge in [-0.3, -0.25) is 0 Å². The Labute approximate surface area is 58.0 Å². The first-order chi connectivity index (χ1) is 4.27. The van der Waals surface area contributed by atoms with Gasteiger partial charge in [-0.15, -0.1) is 12.5 Å². The highest BCUT2D eigenvalue weighted by molar-refractivity contribution is 5.16. The third-order valence-electron chi connectivity index (χ3n) is 0.812. The fourth-order valence-electron chi connectivity index (χ4n) is 0.414. The van der Waals surface area contributed by atoms with Gasteiger partial charge in [0, 0.05) is 12.3 Å². The van der Waals surface area contributed by atoms with Crippen molar-refractivity contribution in [3.63, 3.8) is 0 Å². The van der Waals surface area contributed by atoms with Gasteiger partial charge in [0.2, 0.25) is 0 Å². The van der Waals surface area contributed by atoms with Crippen LogP contribution in [0.1, 0.15) is 26.7 Å². The molecule has 0 aliphatic heterocycles. The zero-order valence-electron chi connectivity index (χ0n) is 6.20.